The molecular formula is C44H56FN9O3. The van der Waals surface area contributed by atoms with Crippen LogP contribution in [0.2, 0.25) is 0 Å². The van der Waals surface area contributed by atoms with Crippen LogP contribution in [0.4, 0.5) is 26.4 Å². The van der Waals surface area contributed by atoms with Crippen molar-refractivity contribution in [2.24, 2.45) is 5.92 Å². The summed E-state index contributed by atoms with van der Waals surface area (Å²) >= 11 is 0. The van der Waals surface area contributed by atoms with E-state index in [2.05, 4.69) is 49.4 Å². The van der Waals surface area contributed by atoms with Crippen molar-refractivity contribution in [2.45, 2.75) is 98.5 Å². The van der Waals surface area contributed by atoms with E-state index in [0.717, 1.165) is 67.8 Å². The fraction of sp³-hybridized carbons (Fsp3) is 0.523. The van der Waals surface area contributed by atoms with Crippen molar-refractivity contribution < 1.29 is 18.7 Å². The molecule has 2 aromatic heterocycles. The fourth-order valence-electron chi connectivity index (χ4n) is 8.92. The molecule has 2 fully saturated rings. The largest absolute Gasteiger partial charge is 0.444 e. The summed E-state index contributed by atoms with van der Waals surface area (Å²) in [6, 6.07) is 13.6. The standard InChI is InChI=1S/C44H56FN9O3/c1-8-51(29(2)3)42(55)37-21-33(45)10-12-39(37)53-20-19-52(41-40(53)24-47-28-48-41)34-14-16-49(17-15-34)27-32-9-11-38-36(30(32)4)22-35(23-46)54(38)26-31-13-18-50(25-31)43(56)57-44(5,6)7/h9-12,21-22,24,28-29,31,34H,8,13-20,25-27H2,1-7H3/t31-/m0/s1. The maximum atomic E-state index is 14.6. The number of piperidine rings is 1. The molecule has 302 valence electrons. The quantitative estimate of drug-likeness (QED) is 0.171. The SMILES string of the molecule is CCN(C(=O)c1cc(F)ccc1N1CCN(C2CCN(Cc3ccc4c(cc(C#N)n4C[C@H]4CCN(C(=O)OC(C)(C)C)C4)c3C)CC2)c2ncncc21)C(C)C. The molecule has 4 aromatic rings. The molecule has 3 aliphatic heterocycles. The molecule has 0 N–H and O–H groups in total. The van der Waals surface area contributed by atoms with Crippen molar-refractivity contribution in [1.82, 2.24) is 29.2 Å². The van der Waals surface area contributed by atoms with E-state index in [1.807, 2.05) is 47.6 Å². The van der Waals surface area contributed by atoms with Gasteiger partial charge in [-0.3, -0.25) is 9.69 Å². The summed E-state index contributed by atoms with van der Waals surface area (Å²) in [5.41, 5.74) is 5.46. The molecule has 12 nitrogen and oxygen atoms in total. The number of hydrogen-bond acceptors (Lipinski definition) is 9. The number of carbonyl (C=O) groups is 2. The lowest BCUT2D eigenvalue weighted by Gasteiger charge is -2.44. The molecule has 7 rings (SSSR count). The molecule has 0 saturated carbocycles. The summed E-state index contributed by atoms with van der Waals surface area (Å²) in [7, 11) is 0. The van der Waals surface area contributed by atoms with Crippen molar-refractivity contribution in [3.05, 3.63) is 77.1 Å². The Hall–Kier alpha value is -5.22. The Kier molecular flexibility index (Phi) is 11.5. The third kappa shape index (κ3) is 8.28. The second kappa shape index (κ2) is 16.3. The van der Waals surface area contributed by atoms with Crippen LogP contribution in [0, 0.1) is 30.0 Å². The first-order chi connectivity index (χ1) is 27.3. The highest BCUT2D eigenvalue weighted by atomic mass is 19.1. The van der Waals surface area contributed by atoms with E-state index in [1.54, 1.807) is 28.4 Å². The number of rotatable bonds is 9. The van der Waals surface area contributed by atoms with Gasteiger partial charge in [-0.05, 0) is 115 Å². The van der Waals surface area contributed by atoms with Crippen LogP contribution in [0.3, 0.4) is 0 Å². The van der Waals surface area contributed by atoms with E-state index in [0.29, 0.717) is 55.7 Å². The number of amides is 2. The second-order valence-corrected chi connectivity index (χ2v) is 17.0. The molecule has 1 atom stereocenters. The Morgan fingerprint density at radius 3 is 2.51 bits per heavy atom. The number of ether oxygens (including phenoxy) is 1. The van der Waals surface area contributed by atoms with Gasteiger partial charge < -0.3 is 28.9 Å². The Morgan fingerprint density at radius 1 is 1.04 bits per heavy atom. The Bertz CT molecular complexity index is 2160. The molecule has 2 amide bonds. The second-order valence-electron chi connectivity index (χ2n) is 17.0. The number of anilines is 3. The van der Waals surface area contributed by atoms with Crippen LogP contribution in [-0.4, -0.2) is 105 Å². The Labute approximate surface area is 335 Å². The van der Waals surface area contributed by atoms with Crippen molar-refractivity contribution in [3.63, 3.8) is 0 Å². The van der Waals surface area contributed by atoms with Crippen LogP contribution < -0.4 is 9.80 Å². The number of aromatic nitrogens is 3. The van der Waals surface area contributed by atoms with Gasteiger partial charge in [0.1, 0.15) is 35.2 Å². The van der Waals surface area contributed by atoms with Gasteiger partial charge in [0.05, 0.1) is 17.4 Å². The average Bonchev–Trinajstić information content (AvgIpc) is 3.80. The lowest BCUT2D eigenvalue weighted by molar-refractivity contribution is 0.0287. The molecule has 5 heterocycles. The summed E-state index contributed by atoms with van der Waals surface area (Å²) in [5.74, 6) is 0.452. The summed E-state index contributed by atoms with van der Waals surface area (Å²) < 4.78 is 22.3. The minimum absolute atomic E-state index is 0.0181. The van der Waals surface area contributed by atoms with Crippen LogP contribution >= 0.6 is 0 Å². The van der Waals surface area contributed by atoms with Gasteiger partial charge in [0.2, 0.25) is 0 Å². The molecule has 0 spiro atoms. The number of fused-ring (bicyclic) bond motifs is 2. The Morgan fingerprint density at radius 2 is 1.81 bits per heavy atom. The summed E-state index contributed by atoms with van der Waals surface area (Å²) in [6.07, 6.45) is 5.93. The van der Waals surface area contributed by atoms with E-state index < -0.39 is 11.4 Å². The topological polar surface area (TPSA) is 114 Å². The normalized spacial score (nSPS) is 18.0. The van der Waals surface area contributed by atoms with E-state index in [-0.39, 0.29) is 24.0 Å². The lowest BCUT2D eigenvalue weighted by atomic mass is 9.99. The molecule has 57 heavy (non-hydrogen) atoms. The first-order valence-corrected chi connectivity index (χ1v) is 20.4. The predicted molar refractivity (Wildman–Crippen MR) is 220 cm³/mol. The van der Waals surface area contributed by atoms with E-state index in [1.165, 1.54) is 23.3 Å². The highest BCUT2D eigenvalue weighted by molar-refractivity contribution is 6.01. The van der Waals surface area contributed by atoms with Crippen LogP contribution in [-0.2, 0) is 17.8 Å². The van der Waals surface area contributed by atoms with Gasteiger partial charge in [0, 0.05) is 81.9 Å². The van der Waals surface area contributed by atoms with Crippen LogP contribution in [0.25, 0.3) is 10.9 Å². The van der Waals surface area contributed by atoms with Crippen molar-refractivity contribution in [1.29, 1.82) is 5.26 Å². The molecule has 3 aliphatic rings. The molecule has 13 heteroatoms. The van der Waals surface area contributed by atoms with Crippen LogP contribution in [0.1, 0.15) is 88.0 Å². The minimum Gasteiger partial charge on any atom is -0.444 e. The van der Waals surface area contributed by atoms with Gasteiger partial charge in [-0.2, -0.15) is 5.26 Å². The monoisotopic (exact) mass is 777 g/mol. The molecule has 2 saturated heterocycles. The predicted octanol–water partition coefficient (Wildman–Crippen LogP) is 7.50. The maximum Gasteiger partial charge on any atom is 0.410 e. The average molecular weight is 778 g/mol. The first kappa shape index (κ1) is 40.0. The van der Waals surface area contributed by atoms with Crippen LogP contribution in [0.15, 0.2) is 48.9 Å². The number of nitriles is 1. The third-order valence-corrected chi connectivity index (χ3v) is 11.9. The van der Waals surface area contributed by atoms with Crippen molar-refractivity contribution >= 4 is 40.1 Å². The van der Waals surface area contributed by atoms with Gasteiger partial charge in [0.25, 0.3) is 5.91 Å². The zero-order valence-electron chi connectivity index (χ0n) is 34.5. The number of hydrogen-bond donors (Lipinski definition) is 0. The van der Waals surface area contributed by atoms with Gasteiger partial charge in [-0.25, -0.2) is 19.2 Å². The van der Waals surface area contributed by atoms with Crippen LogP contribution in [0.5, 0.6) is 0 Å². The smallest absolute Gasteiger partial charge is 0.410 e. The van der Waals surface area contributed by atoms with Gasteiger partial charge in [-0.1, -0.05) is 6.07 Å². The minimum atomic E-state index is -0.532. The molecule has 0 unspecified atom stereocenters. The fourth-order valence-corrected chi connectivity index (χ4v) is 8.92. The zero-order valence-corrected chi connectivity index (χ0v) is 34.5. The summed E-state index contributed by atoms with van der Waals surface area (Å²) in [6.45, 7) is 20.2. The molecule has 0 bridgehead atoms. The molecular weight excluding hydrogens is 722 g/mol. The molecule has 0 radical (unpaired) electrons. The van der Waals surface area contributed by atoms with Gasteiger partial charge >= 0.3 is 6.09 Å². The zero-order chi connectivity index (χ0) is 40.6. The summed E-state index contributed by atoms with van der Waals surface area (Å²) in [5, 5.41) is 11.2. The summed E-state index contributed by atoms with van der Waals surface area (Å²) in [4.78, 5) is 46.1. The highest BCUT2D eigenvalue weighted by Crippen LogP contribution is 2.40. The number of carbonyl (C=O) groups excluding carboxylic acids is 2. The van der Waals surface area contributed by atoms with E-state index >= 15 is 0 Å². The lowest BCUT2D eigenvalue weighted by Crippen LogP contribution is -2.50. The maximum absolute atomic E-state index is 14.6. The van der Waals surface area contributed by atoms with Crippen molar-refractivity contribution in [2.75, 3.05) is 55.6 Å². The van der Waals surface area contributed by atoms with Crippen molar-refractivity contribution in [3.8, 4) is 6.07 Å². The third-order valence-electron chi connectivity index (χ3n) is 11.9. The Balaban J connectivity index is 1.02. The number of aryl methyl sites for hydroxylation is 1. The molecule has 2 aromatic carbocycles. The van der Waals surface area contributed by atoms with E-state index in [9.17, 15) is 19.2 Å². The first-order valence-electron chi connectivity index (χ1n) is 20.4. The number of likely N-dealkylation sites (tertiary alicyclic amines) is 2. The molecule has 0 aliphatic carbocycles. The van der Waals surface area contributed by atoms with Gasteiger partial charge in [0.15, 0.2) is 5.82 Å². The number of nitrogens with zero attached hydrogens (tertiary/aromatic N) is 9. The highest BCUT2D eigenvalue weighted by Gasteiger charge is 2.35. The van der Waals surface area contributed by atoms with E-state index in [4.69, 9.17) is 9.72 Å². The number of benzene rings is 2. The number of halogens is 1. The van der Waals surface area contributed by atoms with Gasteiger partial charge in [-0.15, -0.1) is 0 Å².